The minimum absolute atomic E-state index is 0.0845. The van der Waals surface area contributed by atoms with Crippen molar-refractivity contribution in [3.05, 3.63) is 66.0 Å². The summed E-state index contributed by atoms with van der Waals surface area (Å²) in [5.41, 5.74) is 5.58. The zero-order valence-electron chi connectivity index (χ0n) is 13.6. The molecule has 2 aromatic rings. The molecule has 0 atom stereocenters. The summed E-state index contributed by atoms with van der Waals surface area (Å²) in [6.07, 6.45) is 0.585. The first-order valence-corrected chi connectivity index (χ1v) is 9.41. The van der Waals surface area contributed by atoms with E-state index in [1.165, 1.54) is 22.5 Å². The Kier molecular flexibility index (Phi) is 4.62. The van der Waals surface area contributed by atoms with E-state index < -0.39 is 27.2 Å². The minimum Gasteiger partial charge on any atom is -0.369 e. The number of hydrogen-bond acceptors (Lipinski definition) is 3. The molecule has 132 valence electrons. The number of sulfonamides is 1. The highest BCUT2D eigenvalue weighted by Gasteiger charge is 2.43. The van der Waals surface area contributed by atoms with Gasteiger partial charge in [-0.1, -0.05) is 36.4 Å². The lowest BCUT2D eigenvalue weighted by Gasteiger charge is -2.39. The fourth-order valence-corrected chi connectivity index (χ4v) is 4.79. The Morgan fingerprint density at radius 1 is 1.04 bits per heavy atom. The lowest BCUT2D eigenvalue weighted by Crippen LogP contribution is -2.51. The van der Waals surface area contributed by atoms with Gasteiger partial charge in [-0.15, -0.1) is 0 Å². The molecule has 0 aliphatic carbocycles. The zero-order chi connectivity index (χ0) is 18.1. The summed E-state index contributed by atoms with van der Waals surface area (Å²) in [5.74, 6) is -1.06. The minimum atomic E-state index is -3.80. The van der Waals surface area contributed by atoms with Gasteiger partial charge in [0.15, 0.2) is 0 Å². The third kappa shape index (κ3) is 3.17. The molecule has 3 rings (SSSR count). The summed E-state index contributed by atoms with van der Waals surface area (Å²) in [6.45, 7) is 0.299. The van der Waals surface area contributed by atoms with Crippen molar-refractivity contribution >= 4 is 15.9 Å². The van der Waals surface area contributed by atoms with E-state index in [9.17, 15) is 17.6 Å². The predicted molar refractivity (Wildman–Crippen MR) is 91.7 cm³/mol. The molecule has 5 nitrogen and oxygen atoms in total. The molecule has 0 aromatic heterocycles. The fraction of sp³-hybridized carbons (Fsp3) is 0.278. The second kappa shape index (κ2) is 6.57. The van der Waals surface area contributed by atoms with Crippen LogP contribution in [-0.4, -0.2) is 31.7 Å². The molecule has 1 saturated heterocycles. The van der Waals surface area contributed by atoms with Crippen LogP contribution in [0.4, 0.5) is 4.39 Å². The molecular formula is C18H19FN2O3S. The van der Waals surface area contributed by atoms with E-state index in [4.69, 9.17) is 5.73 Å². The molecule has 0 spiro atoms. The third-order valence-corrected chi connectivity index (χ3v) is 6.70. The van der Waals surface area contributed by atoms with Crippen molar-refractivity contribution < 1.29 is 17.6 Å². The molecule has 2 N–H and O–H groups in total. The van der Waals surface area contributed by atoms with Crippen LogP contribution in [0, 0.1) is 5.82 Å². The van der Waals surface area contributed by atoms with Crippen LogP contribution in [0.1, 0.15) is 18.4 Å². The van der Waals surface area contributed by atoms with E-state index in [0.717, 1.165) is 11.6 Å². The number of carbonyl (C=O) groups is 1. The van der Waals surface area contributed by atoms with E-state index in [1.54, 1.807) is 0 Å². The average Bonchev–Trinajstić information content (AvgIpc) is 2.62. The highest BCUT2D eigenvalue weighted by Crippen LogP contribution is 2.37. The molecule has 25 heavy (non-hydrogen) atoms. The molecule has 7 heteroatoms. The molecule has 0 bridgehead atoms. The number of nitrogens with two attached hydrogens (primary N) is 1. The Labute approximate surface area is 146 Å². The van der Waals surface area contributed by atoms with Gasteiger partial charge in [-0.05, 0) is 36.6 Å². The number of hydrogen-bond donors (Lipinski definition) is 1. The van der Waals surface area contributed by atoms with Gasteiger partial charge in [0.05, 0.1) is 10.3 Å². The number of primary amides is 1. The predicted octanol–water partition coefficient (Wildman–Crippen LogP) is 2.03. The number of halogens is 1. The second-order valence-electron chi connectivity index (χ2n) is 6.17. The fourth-order valence-electron chi connectivity index (χ4n) is 3.32. The van der Waals surface area contributed by atoms with Crippen LogP contribution in [0.25, 0.3) is 0 Å². The molecule has 0 unspecified atom stereocenters. The van der Waals surface area contributed by atoms with Crippen molar-refractivity contribution in [2.45, 2.75) is 23.2 Å². The number of benzene rings is 2. The summed E-state index contributed by atoms with van der Waals surface area (Å²) in [6, 6.07) is 14.1. The van der Waals surface area contributed by atoms with Gasteiger partial charge < -0.3 is 5.73 Å². The van der Waals surface area contributed by atoms with E-state index in [2.05, 4.69) is 0 Å². The van der Waals surface area contributed by atoms with Crippen molar-refractivity contribution in [1.29, 1.82) is 0 Å². The summed E-state index contributed by atoms with van der Waals surface area (Å²) >= 11 is 0. The van der Waals surface area contributed by atoms with Crippen molar-refractivity contribution in [2.24, 2.45) is 5.73 Å². The molecule has 1 aliphatic heterocycles. The van der Waals surface area contributed by atoms with Crippen LogP contribution in [0.5, 0.6) is 0 Å². The SMILES string of the molecule is NC(=O)C1(c2ccccc2)CCN(S(=O)(=O)c2cccc(F)c2)CC1. The topological polar surface area (TPSA) is 80.5 Å². The summed E-state index contributed by atoms with van der Waals surface area (Å²) in [5, 5.41) is 0. The Morgan fingerprint density at radius 3 is 2.24 bits per heavy atom. The van der Waals surface area contributed by atoms with E-state index >= 15 is 0 Å². The number of carbonyl (C=O) groups excluding carboxylic acids is 1. The lowest BCUT2D eigenvalue weighted by molar-refractivity contribution is -0.125. The van der Waals surface area contributed by atoms with Crippen LogP contribution in [0.3, 0.4) is 0 Å². The zero-order valence-corrected chi connectivity index (χ0v) is 14.4. The van der Waals surface area contributed by atoms with Gasteiger partial charge in [0.1, 0.15) is 5.82 Å². The van der Waals surface area contributed by atoms with Crippen molar-refractivity contribution in [3.8, 4) is 0 Å². The Bertz CT molecular complexity index is 876. The largest absolute Gasteiger partial charge is 0.369 e. The first-order valence-electron chi connectivity index (χ1n) is 7.97. The molecule has 1 amide bonds. The summed E-state index contributed by atoms with van der Waals surface area (Å²) in [4.78, 5) is 12.1. The highest BCUT2D eigenvalue weighted by atomic mass is 32.2. The second-order valence-corrected chi connectivity index (χ2v) is 8.11. The number of piperidine rings is 1. The third-order valence-electron chi connectivity index (χ3n) is 4.81. The van der Waals surface area contributed by atoms with Gasteiger partial charge >= 0.3 is 0 Å². The highest BCUT2D eigenvalue weighted by molar-refractivity contribution is 7.89. The van der Waals surface area contributed by atoms with Gasteiger partial charge in [0, 0.05) is 13.1 Å². The lowest BCUT2D eigenvalue weighted by atomic mass is 9.72. The van der Waals surface area contributed by atoms with Gasteiger partial charge in [-0.2, -0.15) is 4.31 Å². The van der Waals surface area contributed by atoms with Crippen LogP contribution in [0.2, 0.25) is 0 Å². The maximum atomic E-state index is 13.4. The van der Waals surface area contributed by atoms with Gasteiger partial charge in [0.25, 0.3) is 0 Å². The van der Waals surface area contributed by atoms with Gasteiger partial charge in [0.2, 0.25) is 15.9 Å². The Morgan fingerprint density at radius 2 is 1.68 bits per heavy atom. The summed E-state index contributed by atoms with van der Waals surface area (Å²) < 4.78 is 40.1. The first-order chi connectivity index (χ1) is 11.9. The van der Waals surface area contributed by atoms with Crippen molar-refractivity contribution in [2.75, 3.05) is 13.1 Å². The number of nitrogens with zero attached hydrogens (tertiary/aromatic N) is 1. The van der Waals surface area contributed by atoms with Crippen LogP contribution >= 0.6 is 0 Å². The van der Waals surface area contributed by atoms with E-state index in [0.29, 0.717) is 12.8 Å². The molecule has 0 saturated carbocycles. The van der Waals surface area contributed by atoms with E-state index in [1.807, 2.05) is 30.3 Å². The normalized spacial score (nSPS) is 18.0. The van der Waals surface area contributed by atoms with Gasteiger partial charge in [-0.25, -0.2) is 12.8 Å². The molecule has 1 fully saturated rings. The molecule has 0 radical (unpaired) electrons. The molecule has 2 aromatic carbocycles. The summed E-state index contributed by atoms with van der Waals surface area (Å²) in [7, 11) is -3.80. The number of rotatable bonds is 4. The Hall–Kier alpha value is -2.25. The van der Waals surface area contributed by atoms with E-state index in [-0.39, 0.29) is 18.0 Å². The maximum Gasteiger partial charge on any atom is 0.243 e. The van der Waals surface area contributed by atoms with Gasteiger partial charge in [-0.3, -0.25) is 4.79 Å². The number of amides is 1. The quantitative estimate of drug-likeness (QED) is 0.904. The Balaban J connectivity index is 1.86. The van der Waals surface area contributed by atoms with Crippen LogP contribution < -0.4 is 5.73 Å². The molecule has 1 heterocycles. The molecular weight excluding hydrogens is 343 g/mol. The van der Waals surface area contributed by atoms with Crippen molar-refractivity contribution in [1.82, 2.24) is 4.31 Å². The standard InChI is InChI=1S/C18H19FN2O3S/c19-15-7-4-8-16(13-15)25(23,24)21-11-9-18(10-12-21,17(20)22)14-5-2-1-3-6-14/h1-8,13H,9-12H2,(H2,20,22). The maximum absolute atomic E-state index is 13.4. The monoisotopic (exact) mass is 362 g/mol. The van der Waals surface area contributed by atoms with Crippen molar-refractivity contribution in [3.63, 3.8) is 0 Å². The smallest absolute Gasteiger partial charge is 0.243 e. The van der Waals surface area contributed by atoms with Crippen LogP contribution in [0.15, 0.2) is 59.5 Å². The molecule has 1 aliphatic rings. The average molecular weight is 362 g/mol. The first kappa shape index (κ1) is 17.6. The van der Waals surface area contributed by atoms with Crippen LogP contribution in [-0.2, 0) is 20.2 Å².